The summed E-state index contributed by atoms with van der Waals surface area (Å²) in [6, 6.07) is 5.87. The van der Waals surface area contributed by atoms with E-state index in [1.807, 2.05) is 53.0 Å². The molecule has 1 aliphatic rings. The molecule has 0 spiro atoms. The molecule has 0 saturated carbocycles. The van der Waals surface area contributed by atoms with Crippen LogP contribution in [0, 0.1) is 0 Å². The minimum absolute atomic E-state index is 0.0691. The number of hydrogen-bond acceptors (Lipinski definition) is 4. The zero-order chi connectivity index (χ0) is 16.2. The van der Waals surface area contributed by atoms with Crippen molar-refractivity contribution < 1.29 is 4.79 Å². The van der Waals surface area contributed by atoms with Gasteiger partial charge >= 0.3 is 0 Å². The Labute approximate surface area is 136 Å². The van der Waals surface area contributed by atoms with Gasteiger partial charge in [0.2, 0.25) is 0 Å². The Balaban J connectivity index is 1.75. The first-order valence-electron chi connectivity index (χ1n) is 8.07. The summed E-state index contributed by atoms with van der Waals surface area (Å²) in [7, 11) is 3.88. The number of anilines is 1. The van der Waals surface area contributed by atoms with E-state index >= 15 is 0 Å². The van der Waals surface area contributed by atoms with Crippen molar-refractivity contribution in [3.8, 4) is 0 Å². The first-order chi connectivity index (χ1) is 11.1. The second-order valence-corrected chi connectivity index (χ2v) is 6.18. The number of rotatable bonds is 4. The lowest BCUT2D eigenvalue weighted by atomic mass is 10.0. The molecular formula is C17H23N5O. The van der Waals surface area contributed by atoms with Gasteiger partial charge in [0.05, 0.1) is 18.2 Å². The molecule has 0 aliphatic carbocycles. The largest absolute Gasteiger partial charge is 0.363 e. The van der Waals surface area contributed by atoms with E-state index in [1.165, 1.54) is 0 Å². The molecule has 1 saturated heterocycles. The maximum atomic E-state index is 12.9. The van der Waals surface area contributed by atoms with Crippen molar-refractivity contribution in [2.24, 2.45) is 0 Å². The van der Waals surface area contributed by atoms with E-state index in [4.69, 9.17) is 0 Å². The van der Waals surface area contributed by atoms with E-state index in [0.717, 1.165) is 38.2 Å². The Bertz CT molecular complexity index is 636. The minimum atomic E-state index is 0.0691. The lowest BCUT2D eigenvalue weighted by molar-refractivity contribution is 0.0583. The van der Waals surface area contributed by atoms with E-state index in [9.17, 15) is 4.79 Å². The van der Waals surface area contributed by atoms with Crippen LogP contribution < -0.4 is 4.90 Å². The molecule has 3 heterocycles. The van der Waals surface area contributed by atoms with Gasteiger partial charge in [-0.05, 0) is 37.5 Å². The molecule has 2 aromatic heterocycles. The molecule has 2 aromatic rings. The second-order valence-electron chi connectivity index (χ2n) is 6.18. The molecule has 23 heavy (non-hydrogen) atoms. The Morgan fingerprint density at radius 3 is 2.87 bits per heavy atom. The molecule has 0 aromatic carbocycles. The van der Waals surface area contributed by atoms with Crippen LogP contribution in [0.25, 0.3) is 0 Å². The highest BCUT2D eigenvalue weighted by Gasteiger charge is 2.28. The van der Waals surface area contributed by atoms with E-state index in [0.29, 0.717) is 5.56 Å². The van der Waals surface area contributed by atoms with Crippen molar-refractivity contribution in [3.63, 3.8) is 0 Å². The molecule has 1 fully saturated rings. The van der Waals surface area contributed by atoms with Crippen LogP contribution in [0.15, 0.2) is 36.8 Å². The lowest BCUT2D eigenvalue weighted by Crippen LogP contribution is -2.46. The molecule has 122 valence electrons. The first kappa shape index (κ1) is 15.5. The van der Waals surface area contributed by atoms with Gasteiger partial charge in [0.15, 0.2) is 0 Å². The van der Waals surface area contributed by atoms with Gasteiger partial charge in [0.25, 0.3) is 5.91 Å². The third-order valence-electron chi connectivity index (χ3n) is 4.30. The van der Waals surface area contributed by atoms with Gasteiger partial charge in [0.1, 0.15) is 5.82 Å². The van der Waals surface area contributed by atoms with Crippen molar-refractivity contribution in [1.82, 2.24) is 19.7 Å². The Morgan fingerprint density at radius 1 is 1.35 bits per heavy atom. The van der Waals surface area contributed by atoms with Crippen LogP contribution in [0.4, 0.5) is 5.82 Å². The van der Waals surface area contributed by atoms with E-state index in [-0.39, 0.29) is 11.9 Å². The highest BCUT2D eigenvalue weighted by atomic mass is 16.2. The van der Waals surface area contributed by atoms with Gasteiger partial charge in [0, 0.05) is 39.2 Å². The predicted molar refractivity (Wildman–Crippen MR) is 89.5 cm³/mol. The number of pyridine rings is 1. The Morgan fingerprint density at radius 2 is 2.22 bits per heavy atom. The number of nitrogens with zero attached hydrogens (tertiary/aromatic N) is 5. The van der Waals surface area contributed by atoms with Crippen LogP contribution in [-0.4, -0.2) is 52.3 Å². The number of carbonyl (C=O) groups excluding carboxylic acids is 1. The SMILES string of the molecule is CN(C)c1ccc(C(=O)N2CCCC[C@H]2Cn2cccn2)cn1. The van der Waals surface area contributed by atoms with E-state index in [1.54, 1.807) is 12.4 Å². The molecular weight excluding hydrogens is 290 g/mol. The van der Waals surface area contributed by atoms with Gasteiger partial charge in [-0.15, -0.1) is 0 Å². The summed E-state index contributed by atoms with van der Waals surface area (Å²) in [5.41, 5.74) is 0.656. The quantitative estimate of drug-likeness (QED) is 0.867. The summed E-state index contributed by atoms with van der Waals surface area (Å²) >= 11 is 0. The maximum absolute atomic E-state index is 12.9. The number of piperidine rings is 1. The third-order valence-corrected chi connectivity index (χ3v) is 4.30. The fourth-order valence-corrected chi connectivity index (χ4v) is 3.03. The molecule has 1 aliphatic heterocycles. The van der Waals surface area contributed by atoms with Gasteiger partial charge in [-0.3, -0.25) is 9.48 Å². The summed E-state index contributed by atoms with van der Waals surface area (Å²) in [4.78, 5) is 21.1. The fourth-order valence-electron chi connectivity index (χ4n) is 3.03. The predicted octanol–water partition coefficient (Wildman–Crippen LogP) is 2.04. The number of aromatic nitrogens is 3. The summed E-state index contributed by atoms with van der Waals surface area (Å²) < 4.78 is 1.91. The molecule has 3 rings (SSSR count). The average Bonchev–Trinajstić information content (AvgIpc) is 3.08. The van der Waals surface area contributed by atoms with Gasteiger partial charge in [-0.1, -0.05) is 0 Å². The zero-order valence-electron chi connectivity index (χ0n) is 13.7. The molecule has 1 atom stereocenters. The van der Waals surface area contributed by atoms with Crippen molar-refractivity contribution in [2.45, 2.75) is 31.8 Å². The monoisotopic (exact) mass is 313 g/mol. The van der Waals surface area contributed by atoms with Crippen molar-refractivity contribution >= 4 is 11.7 Å². The molecule has 0 unspecified atom stereocenters. The van der Waals surface area contributed by atoms with Crippen LogP contribution in [0.2, 0.25) is 0 Å². The summed E-state index contributed by atoms with van der Waals surface area (Å²) in [5, 5.41) is 4.27. The average molecular weight is 313 g/mol. The van der Waals surface area contributed by atoms with Crippen LogP contribution in [0.1, 0.15) is 29.6 Å². The van der Waals surface area contributed by atoms with Crippen molar-refractivity contribution in [3.05, 3.63) is 42.4 Å². The van der Waals surface area contributed by atoms with Gasteiger partial charge < -0.3 is 9.80 Å². The minimum Gasteiger partial charge on any atom is -0.363 e. The smallest absolute Gasteiger partial charge is 0.255 e. The number of carbonyl (C=O) groups is 1. The molecule has 1 amide bonds. The molecule has 0 N–H and O–H groups in total. The first-order valence-corrected chi connectivity index (χ1v) is 8.07. The highest BCUT2D eigenvalue weighted by molar-refractivity contribution is 5.94. The van der Waals surface area contributed by atoms with Crippen LogP contribution >= 0.6 is 0 Å². The van der Waals surface area contributed by atoms with E-state index in [2.05, 4.69) is 10.1 Å². The van der Waals surface area contributed by atoms with Gasteiger partial charge in [-0.2, -0.15) is 5.10 Å². The van der Waals surface area contributed by atoms with Crippen LogP contribution in [0.3, 0.4) is 0 Å². The van der Waals surface area contributed by atoms with Crippen LogP contribution in [-0.2, 0) is 6.54 Å². The third kappa shape index (κ3) is 3.52. The van der Waals surface area contributed by atoms with Crippen LogP contribution in [0.5, 0.6) is 0 Å². The standard InChI is InChI=1S/C17H23N5O/c1-20(2)16-8-7-14(12-18-16)17(23)22-11-4-3-6-15(22)13-21-10-5-9-19-21/h5,7-10,12,15H,3-4,6,11,13H2,1-2H3/t15-/m0/s1. The normalized spacial score (nSPS) is 18.0. The number of likely N-dealkylation sites (tertiary alicyclic amines) is 1. The molecule has 6 nitrogen and oxygen atoms in total. The summed E-state index contributed by atoms with van der Waals surface area (Å²) in [6.07, 6.45) is 8.65. The van der Waals surface area contributed by atoms with E-state index < -0.39 is 0 Å². The zero-order valence-corrected chi connectivity index (χ0v) is 13.7. The van der Waals surface area contributed by atoms with Crippen molar-refractivity contribution in [2.75, 3.05) is 25.5 Å². The molecule has 0 bridgehead atoms. The number of hydrogen-bond donors (Lipinski definition) is 0. The Kier molecular flexibility index (Phi) is 4.60. The second kappa shape index (κ2) is 6.81. The van der Waals surface area contributed by atoms with Gasteiger partial charge in [-0.25, -0.2) is 4.98 Å². The molecule has 0 radical (unpaired) electrons. The van der Waals surface area contributed by atoms with Crippen molar-refractivity contribution in [1.29, 1.82) is 0 Å². The molecule has 6 heteroatoms. The highest BCUT2D eigenvalue weighted by Crippen LogP contribution is 2.21. The topological polar surface area (TPSA) is 54.3 Å². The summed E-state index contributed by atoms with van der Waals surface area (Å²) in [5.74, 6) is 0.924. The fraction of sp³-hybridized carbons (Fsp3) is 0.471. The summed E-state index contributed by atoms with van der Waals surface area (Å²) in [6.45, 7) is 1.56. The maximum Gasteiger partial charge on any atom is 0.255 e. The lowest BCUT2D eigenvalue weighted by Gasteiger charge is -2.35. The number of amides is 1. The Hall–Kier alpha value is -2.37.